The van der Waals surface area contributed by atoms with E-state index in [9.17, 15) is 4.79 Å². The van der Waals surface area contributed by atoms with Crippen molar-refractivity contribution in [2.24, 2.45) is 0 Å². The van der Waals surface area contributed by atoms with Crippen LogP contribution in [0.15, 0.2) is 48.5 Å². The number of likely N-dealkylation sites (N-methyl/N-ethyl adjacent to an activating group) is 1. The standard InChI is InChI=1S/C18H22N2O/c1-14-9-10-16(15(2)11-14)12-20(3)13-18(21)19-17-7-5-4-6-8-17/h4-11H,12-13H2,1-3H3,(H,19,21). The number of rotatable bonds is 5. The van der Waals surface area contributed by atoms with Gasteiger partial charge < -0.3 is 5.32 Å². The van der Waals surface area contributed by atoms with E-state index in [-0.39, 0.29) is 5.91 Å². The van der Waals surface area contributed by atoms with Gasteiger partial charge in [-0.25, -0.2) is 0 Å². The Kier molecular flexibility index (Phi) is 5.12. The number of amides is 1. The van der Waals surface area contributed by atoms with Crippen molar-refractivity contribution in [3.63, 3.8) is 0 Å². The predicted molar refractivity (Wildman–Crippen MR) is 87.3 cm³/mol. The van der Waals surface area contributed by atoms with Gasteiger partial charge in [-0.05, 0) is 44.2 Å². The second kappa shape index (κ2) is 7.04. The zero-order chi connectivity index (χ0) is 15.2. The summed E-state index contributed by atoms with van der Waals surface area (Å²) in [6.07, 6.45) is 0. The number of anilines is 1. The first-order valence-electron chi connectivity index (χ1n) is 7.14. The van der Waals surface area contributed by atoms with Crippen LogP contribution in [0.1, 0.15) is 16.7 Å². The fraction of sp³-hybridized carbons (Fsp3) is 0.278. The zero-order valence-corrected chi connectivity index (χ0v) is 12.9. The Bertz CT molecular complexity index is 608. The molecular formula is C18H22N2O. The number of aryl methyl sites for hydroxylation is 2. The van der Waals surface area contributed by atoms with E-state index in [0.717, 1.165) is 12.2 Å². The summed E-state index contributed by atoms with van der Waals surface area (Å²) in [4.78, 5) is 14.0. The van der Waals surface area contributed by atoms with Crippen LogP contribution >= 0.6 is 0 Å². The Labute approximate surface area is 126 Å². The maximum atomic E-state index is 12.0. The van der Waals surface area contributed by atoms with Crippen molar-refractivity contribution in [2.45, 2.75) is 20.4 Å². The topological polar surface area (TPSA) is 32.3 Å². The highest BCUT2D eigenvalue weighted by atomic mass is 16.2. The first-order valence-corrected chi connectivity index (χ1v) is 7.14. The van der Waals surface area contributed by atoms with E-state index < -0.39 is 0 Å². The maximum absolute atomic E-state index is 12.0. The third-order valence-corrected chi connectivity index (χ3v) is 3.41. The predicted octanol–water partition coefficient (Wildman–Crippen LogP) is 3.37. The van der Waals surface area contributed by atoms with Crippen LogP contribution in [0.4, 0.5) is 5.69 Å². The second-order valence-electron chi connectivity index (χ2n) is 5.52. The molecule has 0 spiro atoms. The molecule has 0 heterocycles. The summed E-state index contributed by atoms with van der Waals surface area (Å²) in [5.41, 5.74) is 4.63. The summed E-state index contributed by atoms with van der Waals surface area (Å²) < 4.78 is 0. The molecule has 0 bridgehead atoms. The van der Waals surface area contributed by atoms with Gasteiger partial charge in [-0.15, -0.1) is 0 Å². The van der Waals surface area contributed by atoms with E-state index in [1.165, 1.54) is 16.7 Å². The number of benzene rings is 2. The van der Waals surface area contributed by atoms with Crippen molar-refractivity contribution in [2.75, 3.05) is 18.9 Å². The van der Waals surface area contributed by atoms with Crippen LogP contribution in [0, 0.1) is 13.8 Å². The molecule has 0 aromatic heterocycles. The van der Waals surface area contributed by atoms with Gasteiger partial charge in [-0.1, -0.05) is 42.0 Å². The molecule has 0 fully saturated rings. The molecule has 2 aromatic carbocycles. The number of nitrogens with one attached hydrogen (secondary N) is 1. The largest absolute Gasteiger partial charge is 0.325 e. The van der Waals surface area contributed by atoms with Crippen molar-refractivity contribution in [3.8, 4) is 0 Å². The van der Waals surface area contributed by atoms with E-state index in [0.29, 0.717) is 6.54 Å². The lowest BCUT2D eigenvalue weighted by Crippen LogP contribution is -2.30. The molecule has 0 aliphatic rings. The Hall–Kier alpha value is -2.13. The minimum atomic E-state index is 0.00784. The average molecular weight is 282 g/mol. The fourth-order valence-corrected chi connectivity index (χ4v) is 2.34. The Morgan fingerprint density at radius 1 is 1.10 bits per heavy atom. The van der Waals surface area contributed by atoms with Gasteiger partial charge in [0.2, 0.25) is 5.91 Å². The van der Waals surface area contributed by atoms with Crippen molar-refractivity contribution >= 4 is 11.6 Å². The second-order valence-corrected chi connectivity index (χ2v) is 5.52. The highest BCUT2D eigenvalue weighted by Crippen LogP contribution is 2.12. The number of hydrogen-bond donors (Lipinski definition) is 1. The summed E-state index contributed by atoms with van der Waals surface area (Å²) >= 11 is 0. The van der Waals surface area contributed by atoms with Gasteiger partial charge in [-0.3, -0.25) is 9.69 Å². The normalized spacial score (nSPS) is 10.7. The summed E-state index contributed by atoms with van der Waals surface area (Å²) in [5.74, 6) is 0.00784. The first kappa shape index (κ1) is 15.3. The number of nitrogens with zero attached hydrogens (tertiary/aromatic N) is 1. The Balaban J connectivity index is 1.89. The molecule has 0 aliphatic heterocycles. The van der Waals surface area contributed by atoms with Crippen LogP contribution in [0.25, 0.3) is 0 Å². The highest BCUT2D eigenvalue weighted by molar-refractivity contribution is 5.92. The molecule has 110 valence electrons. The molecule has 3 nitrogen and oxygen atoms in total. The molecular weight excluding hydrogens is 260 g/mol. The lowest BCUT2D eigenvalue weighted by Gasteiger charge is -2.18. The SMILES string of the molecule is Cc1ccc(CN(C)CC(=O)Nc2ccccc2)c(C)c1. The number of para-hydroxylation sites is 1. The van der Waals surface area contributed by atoms with Crippen molar-refractivity contribution in [1.82, 2.24) is 4.90 Å². The van der Waals surface area contributed by atoms with Crippen molar-refractivity contribution in [1.29, 1.82) is 0 Å². The lowest BCUT2D eigenvalue weighted by atomic mass is 10.1. The van der Waals surface area contributed by atoms with E-state index in [4.69, 9.17) is 0 Å². The zero-order valence-electron chi connectivity index (χ0n) is 12.9. The Morgan fingerprint density at radius 2 is 1.81 bits per heavy atom. The van der Waals surface area contributed by atoms with Gasteiger partial charge in [0.1, 0.15) is 0 Å². The average Bonchev–Trinajstić information content (AvgIpc) is 2.43. The molecule has 2 rings (SSSR count). The first-order chi connectivity index (χ1) is 10.0. The van der Waals surface area contributed by atoms with Gasteiger partial charge in [0, 0.05) is 12.2 Å². The number of carbonyl (C=O) groups excluding carboxylic acids is 1. The van der Waals surface area contributed by atoms with E-state index in [1.54, 1.807) is 0 Å². The molecule has 1 N–H and O–H groups in total. The van der Waals surface area contributed by atoms with Gasteiger partial charge in [0.15, 0.2) is 0 Å². The van der Waals surface area contributed by atoms with Crippen LogP contribution in [-0.2, 0) is 11.3 Å². The van der Waals surface area contributed by atoms with E-state index >= 15 is 0 Å². The van der Waals surface area contributed by atoms with E-state index in [2.05, 4.69) is 37.4 Å². The lowest BCUT2D eigenvalue weighted by molar-refractivity contribution is -0.117. The molecule has 0 radical (unpaired) electrons. The molecule has 1 amide bonds. The van der Waals surface area contributed by atoms with Gasteiger partial charge >= 0.3 is 0 Å². The monoisotopic (exact) mass is 282 g/mol. The molecule has 21 heavy (non-hydrogen) atoms. The summed E-state index contributed by atoms with van der Waals surface area (Å²) in [5, 5.41) is 2.90. The molecule has 0 aliphatic carbocycles. The summed E-state index contributed by atoms with van der Waals surface area (Å²) in [6, 6.07) is 16.0. The van der Waals surface area contributed by atoms with Gasteiger partial charge in [-0.2, -0.15) is 0 Å². The van der Waals surface area contributed by atoms with Crippen LogP contribution in [0.5, 0.6) is 0 Å². The number of hydrogen-bond acceptors (Lipinski definition) is 2. The third kappa shape index (κ3) is 4.72. The molecule has 0 saturated heterocycles. The minimum absolute atomic E-state index is 0.00784. The van der Waals surface area contributed by atoms with Crippen LogP contribution < -0.4 is 5.32 Å². The molecule has 0 unspecified atom stereocenters. The third-order valence-electron chi connectivity index (χ3n) is 3.41. The van der Waals surface area contributed by atoms with Gasteiger partial charge in [0.05, 0.1) is 6.54 Å². The summed E-state index contributed by atoms with van der Waals surface area (Å²) in [6.45, 7) is 5.35. The molecule has 3 heteroatoms. The summed E-state index contributed by atoms with van der Waals surface area (Å²) in [7, 11) is 1.96. The van der Waals surface area contributed by atoms with Crippen LogP contribution in [0.2, 0.25) is 0 Å². The van der Waals surface area contributed by atoms with Crippen molar-refractivity contribution < 1.29 is 4.79 Å². The quantitative estimate of drug-likeness (QED) is 0.912. The fourth-order valence-electron chi connectivity index (χ4n) is 2.34. The van der Waals surface area contributed by atoms with Crippen LogP contribution in [0.3, 0.4) is 0 Å². The maximum Gasteiger partial charge on any atom is 0.238 e. The molecule has 2 aromatic rings. The number of carbonyl (C=O) groups is 1. The minimum Gasteiger partial charge on any atom is -0.325 e. The van der Waals surface area contributed by atoms with Gasteiger partial charge in [0.25, 0.3) is 0 Å². The van der Waals surface area contributed by atoms with Crippen molar-refractivity contribution in [3.05, 3.63) is 65.2 Å². The smallest absolute Gasteiger partial charge is 0.238 e. The van der Waals surface area contributed by atoms with Crippen LogP contribution in [-0.4, -0.2) is 24.4 Å². The molecule has 0 saturated carbocycles. The molecule has 0 atom stereocenters. The van der Waals surface area contributed by atoms with E-state index in [1.807, 2.05) is 42.3 Å². The highest BCUT2D eigenvalue weighted by Gasteiger charge is 2.08. The Morgan fingerprint density at radius 3 is 2.48 bits per heavy atom.